The molecule has 1 saturated heterocycles. The van der Waals surface area contributed by atoms with Crippen LogP contribution in [0.15, 0.2) is 18.2 Å². The molecule has 4 rings (SSSR count). The van der Waals surface area contributed by atoms with Crippen molar-refractivity contribution in [1.82, 2.24) is 10.6 Å². The Kier molecular flexibility index (Phi) is 3.23. The number of benzene rings is 1. The first-order chi connectivity index (χ1) is 10.3. The Morgan fingerprint density at radius 2 is 2.29 bits per heavy atom. The Morgan fingerprint density at radius 1 is 1.38 bits per heavy atom. The molecule has 1 spiro atoms. The highest BCUT2D eigenvalue weighted by Crippen LogP contribution is 2.39. The number of nitrogens with one attached hydrogen (secondary N) is 2. The third-order valence-corrected chi connectivity index (χ3v) is 5.41. The van der Waals surface area contributed by atoms with Crippen LogP contribution in [0.5, 0.6) is 0 Å². The number of ether oxygens (including phenoxy) is 1. The predicted molar refractivity (Wildman–Crippen MR) is 80.3 cm³/mol. The maximum atomic E-state index is 12.7. The number of carbonyl (C=O) groups is 1. The van der Waals surface area contributed by atoms with Gasteiger partial charge < -0.3 is 15.4 Å². The third-order valence-electron chi connectivity index (χ3n) is 5.41. The Balaban J connectivity index is 1.55. The minimum absolute atomic E-state index is 0.0670. The molecule has 1 saturated carbocycles. The van der Waals surface area contributed by atoms with Crippen molar-refractivity contribution in [1.29, 1.82) is 0 Å². The monoisotopic (exact) mass is 286 g/mol. The van der Waals surface area contributed by atoms with Gasteiger partial charge >= 0.3 is 0 Å². The summed E-state index contributed by atoms with van der Waals surface area (Å²) in [6.45, 7) is 2.33. The predicted octanol–water partition coefficient (Wildman–Crippen LogP) is 1.77. The fourth-order valence-electron chi connectivity index (χ4n) is 4.00. The van der Waals surface area contributed by atoms with Crippen molar-refractivity contribution in [2.75, 3.05) is 13.2 Å². The SMILES string of the molecule is O=C(NC1CCNC12CCC2)c1cccc2c1COCC2. The lowest BCUT2D eigenvalue weighted by molar-refractivity contribution is 0.0861. The van der Waals surface area contributed by atoms with Gasteiger partial charge in [-0.25, -0.2) is 0 Å². The summed E-state index contributed by atoms with van der Waals surface area (Å²) in [5, 5.41) is 6.88. The number of fused-ring (bicyclic) bond motifs is 1. The standard InChI is InChI=1S/C17H22N2O2/c20-16(19-15-5-9-18-17(15)7-2-8-17)13-4-1-3-12-6-10-21-11-14(12)13/h1,3-4,15,18H,2,5-11H2,(H,19,20). The quantitative estimate of drug-likeness (QED) is 0.871. The summed E-state index contributed by atoms with van der Waals surface area (Å²) < 4.78 is 5.54. The first kappa shape index (κ1) is 13.3. The molecule has 4 heteroatoms. The molecule has 2 aliphatic heterocycles. The zero-order valence-electron chi connectivity index (χ0n) is 12.3. The second-order valence-corrected chi connectivity index (χ2v) is 6.50. The second kappa shape index (κ2) is 5.11. The first-order valence-electron chi connectivity index (χ1n) is 8.03. The van der Waals surface area contributed by atoms with E-state index in [0.29, 0.717) is 6.61 Å². The molecule has 0 radical (unpaired) electrons. The van der Waals surface area contributed by atoms with Gasteiger partial charge in [0.2, 0.25) is 0 Å². The van der Waals surface area contributed by atoms with Crippen LogP contribution in [0.1, 0.15) is 47.2 Å². The van der Waals surface area contributed by atoms with E-state index < -0.39 is 0 Å². The maximum Gasteiger partial charge on any atom is 0.251 e. The van der Waals surface area contributed by atoms with Crippen LogP contribution < -0.4 is 10.6 Å². The van der Waals surface area contributed by atoms with E-state index in [-0.39, 0.29) is 17.5 Å². The molecular weight excluding hydrogens is 264 g/mol. The van der Waals surface area contributed by atoms with Gasteiger partial charge in [0, 0.05) is 17.1 Å². The zero-order valence-corrected chi connectivity index (χ0v) is 12.3. The van der Waals surface area contributed by atoms with Crippen molar-refractivity contribution in [3.63, 3.8) is 0 Å². The van der Waals surface area contributed by atoms with Gasteiger partial charge in [-0.1, -0.05) is 12.1 Å². The van der Waals surface area contributed by atoms with Crippen LogP contribution in [-0.2, 0) is 17.8 Å². The highest BCUT2D eigenvalue weighted by molar-refractivity contribution is 5.96. The van der Waals surface area contributed by atoms with E-state index in [1.807, 2.05) is 12.1 Å². The Bertz CT molecular complexity index is 566. The van der Waals surface area contributed by atoms with Crippen LogP contribution in [0.25, 0.3) is 0 Å². The van der Waals surface area contributed by atoms with E-state index in [9.17, 15) is 4.79 Å². The highest BCUT2D eigenvalue weighted by atomic mass is 16.5. The molecule has 1 aromatic rings. The van der Waals surface area contributed by atoms with E-state index in [0.717, 1.165) is 37.1 Å². The van der Waals surface area contributed by atoms with Gasteiger partial charge in [-0.15, -0.1) is 0 Å². The number of hydrogen-bond donors (Lipinski definition) is 2. The fraction of sp³-hybridized carbons (Fsp3) is 0.588. The highest BCUT2D eigenvalue weighted by Gasteiger charge is 2.47. The van der Waals surface area contributed by atoms with E-state index in [4.69, 9.17) is 4.74 Å². The van der Waals surface area contributed by atoms with Gasteiger partial charge in [0.1, 0.15) is 0 Å². The van der Waals surface area contributed by atoms with Crippen LogP contribution >= 0.6 is 0 Å². The molecule has 4 nitrogen and oxygen atoms in total. The molecule has 2 heterocycles. The summed E-state index contributed by atoms with van der Waals surface area (Å²) in [6, 6.07) is 6.31. The van der Waals surface area contributed by atoms with Crippen molar-refractivity contribution < 1.29 is 9.53 Å². The first-order valence-corrected chi connectivity index (χ1v) is 8.03. The van der Waals surface area contributed by atoms with Gasteiger partial charge in [-0.3, -0.25) is 4.79 Å². The molecule has 0 bridgehead atoms. The van der Waals surface area contributed by atoms with Crippen LogP contribution in [0, 0.1) is 0 Å². The number of hydrogen-bond acceptors (Lipinski definition) is 3. The average molecular weight is 286 g/mol. The minimum Gasteiger partial charge on any atom is -0.376 e. The van der Waals surface area contributed by atoms with E-state index >= 15 is 0 Å². The van der Waals surface area contributed by atoms with Crippen LogP contribution in [-0.4, -0.2) is 30.6 Å². The number of amides is 1. The Labute approximate surface area is 125 Å². The van der Waals surface area contributed by atoms with E-state index in [2.05, 4.69) is 16.7 Å². The molecule has 21 heavy (non-hydrogen) atoms. The summed E-state index contributed by atoms with van der Waals surface area (Å²) >= 11 is 0. The second-order valence-electron chi connectivity index (χ2n) is 6.50. The Hall–Kier alpha value is -1.39. The third kappa shape index (κ3) is 2.17. The molecular formula is C17H22N2O2. The fourth-order valence-corrected chi connectivity index (χ4v) is 4.00. The maximum absolute atomic E-state index is 12.7. The van der Waals surface area contributed by atoms with Gasteiger partial charge in [0.25, 0.3) is 5.91 Å². The van der Waals surface area contributed by atoms with Gasteiger partial charge in [0.05, 0.1) is 13.2 Å². The molecule has 1 amide bonds. The van der Waals surface area contributed by atoms with Crippen LogP contribution in [0.2, 0.25) is 0 Å². The molecule has 0 aromatic heterocycles. The van der Waals surface area contributed by atoms with Crippen molar-refractivity contribution in [2.45, 2.75) is 50.3 Å². The van der Waals surface area contributed by atoms with Gasteiger partial charge in [0.15, 0.2) is 0 Å². The summed E-state index contributed by atoms with van der Waals surface area (Å²) in [6.07, 6.45) is 5.60. The smallest absolute Gasteiger partial charge is 0.251 e. The van der Waals surface area contributed by atoms with Crippen LogP contribution in [0.4, 0.5) is 0 Å². The molecule has 3 aliphatic rings. The lowest BCUT2D eigenvalue weighted by Crippen LogP contribution is -2.59. The topological polar surface area (TPSA) is 50.4 Å². The van der Waals surface area contributed by atoms with Crippen molar-refractivity contribution in [2.24, 2.45) is 0 Å². The molecule has 112 valence electrons. The van der Waals surface area contributed by atoms with Crippen molar-refractivity contribution in [3.8, 4) is 0 Å². The summed E-state index contributed by atoms with van der Waals surface area (Å²) in [5.41, 5.74) is 3.32. The molecule has 2 fully saturated rings. The van der Waals surface area contributed by atoms with E-state index in [1.54, 1.807) is 0 Å². The van der Waals surface area contributed by atoms with Crippen molar-refractivity contribution >= 4 is 5.91 Å². The van der Waals surface area contributed by atoms with Crippen molar-refractivity contribution in [3.05, 3.63) is 34.9 Å². The lowest BCUT2D eigenvalue weighted by Gasteiger charge is -2.43. The summed E-state index contributed by atoms with van der Waals surface area (Å²) in [4.78, 5) is 12.7. The number of rotatable bonds is 2. The van der Waals surface area contributed by atoms with E-state index in [1.165, 1.54) is 24.8 Å². The van der Waals surface area contributed by atoms with Crippen LogP contribution in [0.3, 0.4) is 0 Å². The largest absolute Gasteiger partial charge is 0.376 e. The molecule has 2 N–H and O–H groups in total. The molecule has 1 aliphatic carbocycles. The molecule has 1 atom stereocenters. The normalized spacial score (nSPS) is 26.2. The molecule has 1 aromatic carbocycles. The van der Waals surface area contributed by atoms with Gasteiger partial charge in [-0.05, 0) is 55.8 Å². The lowest BCUT2D eigenvalue weighted by atomic mass is 9.73. The minimum atomic E-state index is 0.0670. The summed E-state index contributed by atoms with van der Waals surface area (Å²) in [5.74, 6) is 0.0670. The van der Waals surface area contributed by atoms with Gasteiger partial charge in [-0.2, -0.15) is 0 Å². The zero-order chi connectivity index (χ0) is 14.3. The summed E-state index contributed by atoms with van der Waals surface area (Å²) in [7, 11) is 0. The average Bonchev–Trinajstić information content (AvgIpc) is 2.90. The number of carbonyl (C=O) groups excluding carboxylic acids is 1. The molecule has 1 unspecified atom stereocenters. The Morgan fingerprint density at radius 3 is 3.10 bits per heavy atom.